The first-order valence-corrected chi connectivity index (χ1v) is 15.8. The van der Waals surface area contributed by atoms with Crippen LogP contribution in [0.4, 0.5) is 0 Å². The third-order valence-corrected chi connectivity index (χ3v) is 9.38. The van der Waals surface area contributed by atoms with Crippen molar-refractivity contribution in [3.05, 3.63) is 82.7 Å². The number of fused-ring (bicyclic) bond motifs is 3. The van der Waals surface area contributed by atoms with Crippen molar-refractivity contribution in [1.29, 1.82) is 0 Å². The SMILES string of the molecule is [2H]C([2H])([2H])c1ccc2c(n1)oc1c(-c3cc(-c4cc(C)c(C5([2H])CCC(CC(C)C)(CC(C)C)CC5)cc4C)c(C([2H])([2H])[2H])cn3)cccc12. The summed E-state index contributed by atoms with van der Waals surface area (Å²) in [7, 11) is 0. The molecule has 0 radical (unpaired) electrons. The molecule has 5 aromatic rings. The number of benzene rings is 2. The van der Waals surface area contributed by atoms with Gasteiger partial charge in [0.2, 0.25) is 5.71 Å². The topological polar surface area (TPSA) is 38.9 Å². The summed E-state index contributed by atoms with van der Waals surface area (Å²) in [6.45, 7) is 8.50. The Labute approximate surface area is 268 Å². The lowest BCUT2D eigenvalue weighted by Gasteiger charge is -2.43. The van der Waals surface area contributed by atoms with Gasteiger partial charge in [-0.15, -0.1) is 0 Å². The molecule has 0 aliphatic heterocycles. The van der Waals surface area contributed by atoms with Crippen molar-refractivity contribution in [2.24, 2.45) is 17.3 Å². The van der Waals surface area contributed by atoms with Crippen LogP contribution < -0.4 is 0 Å². The molecule has 0 amide bonds. The van der Waals surface area contributed by atoms with E-state index in [1.54, 1.807) is 6.07 Å². The zero-order chi connectivity index (χ0) is 36.4. The predicted octanol–water partition coefficient (Wildman–Crippen LogP) is 11.7. The van der Waals surface area contributed by atoms with Crippen molar-refractivity contribution in [2.75, 3.05) is 0 Å². The van der Waals surface area contributed by atoms with Gasteiger partial charge >= 0.3 is 0 Å². The summed E-state index contributed by atoms with van der Waals surface area (Å²) in [5, 5.41) is 1.45. The number of nitrogens with zero attached hydrogens (tertiary/aromatic N) is 2. The Kier molecular flexibility index (Phi) is 5.94. The lowest BCUT2D eigenvalue weighted by molar-refractivity contribution is 0.108. The first-order valence-electron chi connectivity index (χ1n) is 19.3. The first-order chi connectivity index (χ1) is 23.3. The second-order valence-electron chi connectivity index (χ2n) is 13.7. The number of aryl methyl sites for hydroxylation is 4. The number of rotatable bonds is 7. The molecule has 3 heteroatoms. The van der Waals surface area contributed by atoms with Gasteiger partial charge in [0.05, 0.1) is 5.69 Å². The molecular weight excluding hydrogens is 524 g/mol. The number of pyridine rings is 2. The minimum atomic E-state index is -2.41. The summed E-state index contributed by atoms with van der Waals surface area (Å²) in [4.78, 5) is 8.92. The van der Waals surface area contributed by atoms with E-state index in [-0.39, 0.29) is 22.4 Å². The first kappa shape index (κ1) is 22.1. The van der Waals surface area contributed by atoms with E-state index < -0.39 is 19.6 Å². The van der Waals surface area contributed by atoms with Crippen LogP contribution in [-0.4, -0.2) is 9.97 Å². The maximum absolute atomic E-state index is 9.73. The number of para-hydroxylation sites is 1. The molecule has 1 aliphatic carbocycles. The highest BCUT2D eigenvalue weighted by Crippen LogP contribution is 2.51. The third kappa shape index (κ3) is 5.76. The number of aromatic nitrogens is 2. The van der Waals surface area contributed by atoms with Crippen LogP contribution in [0.2, 0.25) is 0 Å². The largest absolute Gasteiger partial charge is 0.437 e. The fourth-order valence-corrected chi connectivity index (χ4v) is 7.77. The van der Waals surface area contributed by atoms with E-state index >= 15 is 0 Å². The molecule has 0 N–H and O–H groups in total. The molecule has 3 heterocycles. The lowest BCUT2D eigenvalue weighted by Crippen LogP contribution is -2.30. The molecule has 1 aliphatic rings. The Morgan fingerprint density at radius 2 is 1.60 bits per heavy atom. The Hall–Kier alpha value is -3.46. The molecule has 2 aromatic carbocycles. The van der Waals surface area contributed by atoms with Gasteiger partial charge in [0.1, 0.15) is 5.58 Å². The molecule has 0 bridgehead atoms. The Balaban J connectivity index is 1.42. The highest BCUT2D eigenvalue weighted by atomic mass is 16.3. The molecule has 0 saturated heterocycles. The lowest BCUT2D eigenvalue weighted by atomic mass is 9.62. The van der Waals surface area contributed by atoms with Crippen LogP contribution in [0.1, 0.15) is 110 Å². The Morgan fingerprint density at radius 1 is 0.860 bits per heavy atom. The number of hydrogen-bond donors (Lipinski definition) is 0. The van der Waals surface area contributed by atoms with E-state index in [4.69, 9.17) is 12.6 Å². The predicted molar refractivity (Wildman–Crippen MR) is 182 cm³/mol. The van der Waals surface area contributed by atoms with Crippen LogP contribution in [0.15, 0.2) is 59.1 Å². The van der Waals surface area contributed by atoms with Crippen molar-refractivity contribution in [3.63, 3.8) is 0 Å². The van der Waals surface area contributed by atoms with Crippen LogP contribution in [0.5, 0.6) is 0 Å². The Morgan fingerprint density at radius 3 is 2.30 bits per heavy atom. The summed E-state index contributed by atoms with van der Waals surface area (Å²) in [6, 6.07) is 14.8. The van der Waals surface area contributed by atoms with E-state index in [9.17, 15) is 1.37 Å². The smallest absolute Gasteiger partial charge is 0.227 e. The average molecular weight is 580 g/mol. The maximum atomic E-state index is 9.73. The van der Waals surface area contributed by atoms with Gasteiger partial charge in [-0.25, -0.2) is 4.98 Å². The molecule has 6 rings (SSSR count). The summed E-state index contributed by atoms with van der Waals surface area (Å²) in [5.74, 6) is 0.557. The molecule has 1 saturated carbocycles. The fourth-order valence-electron chi connectivity index (χ4n) is 7.77. The van der Waals surface area contributed by atoms with Crippen LogP contribution in [0.3, 0.4) is 0 Å². The molecular formula is C40H48N2O. The fraction of sp³-hybridized carbons (Fsp3) is 0.450. The standard InChI is InChI=1S/C40H48N2O/c1-24(2)21-40(22-25(3)4)16-14-30(15-17-40)34-18-27(6)35(19-26(34)5)36-20-37(41-23-28(36)7)33-11-9-10-31-32-13-12-29(8)42-39(32)43-38(31)33/h9-13,18-20,23-25,30H,14-17,21-22H2,1-8H3/i7D3,8D3,30D. The highest BCUT2D eigenvalue weighted by Gasteiger charge is 2.37. The molecule has 3 aromatic heterocycles. The van der Waals surface area contributed by atoms with Crippen molar-refractivity contribution < 1.29 is 14.0 Å². The second kappa shape index (κ2) is 11.6. The van der Waals surface area contributed by atoms with Gasteiger partial charge in [-0.3, -0.25) is 4.98 Å². The zero-order valence-electron chi connectivity index (χ0n) is 33.4. The third-order valence-electron chi connectivity index (χ3n) is 9.38. The molecule has 43 heavy (non-hydrogen) atoms. The van der Waals surface area contributed by atoms with Gasteiger partial charge in [0, 0.05) is 37.8 Å². The van der Waals surface area contributed by atoms with E-state index in [1.807, 2.05) is 38.1 Å². The molecule has 3 nitrogen and oxygen atoms in total. The van der Waals surface area contributed by atoms with Gasteiger partial charge in [-0.2, -0.15) is 0 Å². The van der Waals surface area contributed by atoms with Gasteiger partial charge in [0.15, 0.2) is 0 Å². The number of hydrogen-bond acceptors (Lipinski definition) is 3. The number of furan rings is 1. The van der Waals surface area contributed by atoms with Crippen LogP contribution in [-0.2, 0) is 0 Å². The molecule has 0 spiro atoms. The second-order valence-corrected chi connectivity index (χ2v) is 13.7. The van der Waals surface area contributed by atoms with Gasteiger partial charge < -0.3 is 4.42 Å². The van der Waals surface area contributed by atoms with E-state index in [0.717, 1.165) is 53.3 Å². The van der Waals surface area contributed by atoms with Gasteiger partial charge in [-0.05, 0) is 147 Å². The zero-order valence-corrected chi connectivity index (χ0v) is 26.4. The normalized spacial score (nSPS) is 19.5. The molecule has 1 fully saturated rings. The molecule has 0 unspecified atom stereocenters. The Bertz CT molecular complexity index is 2040. The van der Waals surface area contributed by atoms with Gasteiger partial charge in [-0.1, -0.05) is 52.0 Å². The van der Waals surface area contributed by atoms with E-state index in [2.05, 4.69) is 49.8 Å². The van der Waals surface area contributed by atoms with Crippen LogP contribution in [0, 0.1) is 44.8 Å². The summed E-state index contributed by atoms with van der Waals surface area (Å²) in [5.41, 5.74) is 6.61. The minimum absolute atomic E-state index is 0.0459. The van der Waals surface area contributed by atoms with Crippen LogP contribution in [0.25, 0.3) is 44.5 Å². The van der Waals surface area contributed by atoms with Crippen molar-refractivity contribution in [3.8, 4) is 22.4 Å². The van der Waals surface area contributed by atoms with Crippen molar-refractivity contribution >= 4 is 22.1 Å². The summed E-state index contributed by atoms with van der Waals surface area (Å²) >= 11 is 0. The van der Waals surface area contributed by atoms with Gasteiger partial charge in [0.25, 0.3) is 0 Å². The summed E-state index contributed by atoms with van der Waals surface area (Å²) < 4.78 is 64.4. The highest BCUT2D eigenvalue weighted by molar-refractivity contribution is 6.08. The minimum Gasteiger partial charge on any atom is -0.437 e. The quantitative estimate of drug-likeness (QED) is 0.192. The van der Waals surface area contributed by atoms with Crippen molar-refractivity contribution in [1.82, 2.24) is 9.97 Å². The van der Waals surface area contributed by atoms with E-state index in [1.165, 1.54) is 25.1 Å². The van der Waals surface area contributed by atoms with Crippen LogP contribution >= 0.6 is 0 Å². The van der Waals surface area contributed by atoms with E-state index in [0.29, 0.717) is 39.6 Å². The molecule has 224 valence electrons. The monoisotopic (exact) mass is 579 g/mol. The average Bonchev–Trinajstić information content (AvgIpc) is 3.40. The summed E-state index contributed by atoms with van der Waals surface area (Å²) in [6.07, 6.45) is 7.55. The van der Waals surface area contributed by atoms with Crippen molar-refractivity contribution in [2.45, 2.75) is 99.7 Å². The molecule has 0 atom stereocenters. The maximum Gasteiger partial charge on any atom is 0.227 e.